The van der Waals surface area contributed by atoms with Gasteiger partial charge < -0.3 is 10.2 Å². The Bertz CT molecular complexity index is 689. The van der Waals surface area contributed by atoms with Crippen molar-refractivity contribution in [2.24, 2.45) is 0 Å². The minimum absolute atomic E-state index is 0.0163. The highest BCUT2D eigenvalue weighted by molar-refractivity contribution is 5.85. The summed E-state index contributed by atoms with van der Waals surface area (Å²) in [5, 5.41) is 8.08. The van der Waals surface area contributed by atoms with Gasteiger partial charge in [-0.2, -0.15) is 5.10 Å². The first-order valence-electron chi connectivity index (χ1n) is 8.19. The fourth-order valence-corrected chi connectivity index (χ4v) is 2.93. The summed E-state index contributed by atoms with van der Waals surface area (Å²) >= 11 is 0. The van der Waals surface area contributed by atoms with Gasteiger partial charge in [-0.1, -0.05) is 18.2 Å². The van der Waals surface area contributed by atoms with Gasteiger partial charge in [0.25, 0.3) is 0 Å². The van der Waals surface area contributed by atoms with Crippen LogP contribution in [0.25, 0.3) is 10.9 Å². The summed E-state index contributed by atoms with van der Waals surface area (Å²) in [7, 11) is 0. The maximum Gasteiger partial charge on any atom is 0.241 e. The number of aromatic nitrogens is 2. The highest BCUT2D eigenvalue weighted by Crippen LogP contribution is 2.12. The Morgan fingerprint density at radius 2 is 1.91 bits per heavy atom. The van der Waals surface area contributed by atoms with E-state index in [0.717, 1.165) is 36.8 Å². The molecule has 1 aromatic heterocycles. The number of piperidine rings is 1. The molecule has 1 aliphatic rings. The third-order valence-electron chi connectivity index (χ3n) is 4.25. The third kappa shape index (κ3) is 3.88. The van der Waals surface area contributed by atoms with E-state index in [2.05, 4.69) is 10.4 Å². The van der Waals surface area contributed by atoms with Crippen molar-refractivity contribution in [3.8, 4) is 0 Å². The number of fused-ring (bicyclic) bond motifs is 1. The molecule has 23 heavy (non-hydrogen) atoms. The van der Waals surface area contributed by atoms with Gasteiger partial charge in [0.2, 0.25) is 11.8 Å². The minimum atomic E-state index is -0.116. The molecule has 3 rings (SSSR count). The Hall–Kier alpha value is -2.37. The Balaban J connectivity index is 1.45. The maximum absolute atomic E-state index is 12.0. The van der Waals surface area contributed by atoms with Crippen LogP contribution in [0.5, 0.6) is 0 Å². The molecular weight excluding hydrogens is 292 g/mol. The zero-order chi connectivity index (χ0) is 16.1. The summed E-state index contributed by atoms with van der Waals surface area (Å²) in [6.07, 6.45) is 5.43. The Labute approximate surface area is 135 Å². The lowest BCUT2D eigenvalue weighted by Crippen LogP contribution is -2.42. The second-order valence-corrected chi connectivity index (χ2v) is 5.89. The molecule has 0 atom stereocenters. The van der Waals surface area contributed by atoms with Crippen LogP contribution in [-0.2, 0) is 16.1 Å². The first kappa shape index (κ1) is 15.5. The van der Waals surface area contributed by atoms with Crippen LogP contribution in [0.15, 0.2) is 30.5 Å². The SMILES string of the molecule is O=C(CCn1ncc2ccccc21)NCC(=O)N1CCCCC1. The van der Waals surface area contributed by atoms with Crippen LogP contribution in [0.3, 0.4) is 0 Å². The van der Waals surface area contributed by atoms with Crippen LogP contribution in [0.4, 0.5) is 0 Å². The van der Waals surface area contributed by atoms with Crippen molar-refractivity contribution in [3.05, 3.63) is 30.5 Å². The molecule has 0 unspecified atom stereocenters. The molecule has 1 N–H and O–H groups in total. The lowest BCUT2D eigenvalue weighted by atomic mass is 10.1. The molecule has 0 radical (unpaired) electrons. The number of likely N-dealkylation sites (tertiary alicyclic amines) is 1. The number of para-hydroxylation sites is 1. The van der Waals surface area contributed by atoms with Crippen molar-refractivity contribution in [2.75, 3.05) is 19.6 Å². The van der Waals surface area contributed by atoms with Crippen molar-refractivity contribution in [1.82, 2.24) is 20.0 Å². The topological polar surface area (TPSA) is 67.2 Å². The number of hydrogen-bond acceptors (Lipinski definition) is 3. The first-order chi connectivity index (χ1) is 11.2. The van der Waals surface area contributed by atoms with Gasteiger partial charge in [-0.15, -0.1) is 0 Å². The molecule has 0 spiro atoms. The number of amides is 2. The predicted octanol–water partition coefficient (Wildman–Crippen LogP) is 1.56. The van der Waals surface area contributed by atoms with Crippen molar-refractivity contribution in [1.29, 1.82) is 0 Å². The summed E-state index contributed by atoms with van der Waals surface area (Å²) in [5.74, 6) is -0.0995. The van der Waals surface area contributed by atoms with E-state index in [-0.39, 0.29) is 18.4 Å². The first-order valence-corrected chi connectivity index (χ1v) is 8.19. The standard InChI is InChI=1S/C17H22N4O2/c22-16(18-13-17(23)20-9-4-1-5-10-20)8-11-21-15-7-3-2-6-14(15)12-19-21/h2-3,6-7,12H,1,4-5,8-11,13H2,(H,18,22). The average Bonchev–Trinajstić information content (AvgIpc) is 3.02. The Morgan fingerprint density at radius 1 is 1.13 bits per heavy atom. The Morgan fingerprint density at radius 3 is 2.74 bits per heavy atom. The lowest BCUT2D eigenvalue weighted by molar-refractivity contribution is -0.133. The second-order valence-electron chi connectivity index (χ2n) is 5.89. The van der Waals surface area contributed by atoms with Crippen LogP contribution in [-0.4, -0.2) is 46.1 Å². The fourth-order valence-electron chi connectivity index (χ4n) is 2.93. The molecule has 0 saturated carbocycles. The summed E-state index contributed by atoms with van der Waals surface area (Å²) in [6.45, 7) is 2.23. The molecule has 2 amide bonds. The van der Waals surface area contributed by atoms with E-state index >= 15 is 0 Å². The van der Waals surface area contributed by atoms with Gasteiger partial charge in [0.1, 0.15) is 0 Å². The van der Waals surface area contributed by atoms with Crippen LogP contribution in [0.2, 0.25) is 0 Å². The molecule has 6 heteroatoms. The highest BCUT2D eigenvalue weighted by Gasteiger charge is 2.16. The molecule has 1 aliphatic heterocycles. The smallest absolute Gasteiger partial charge is 0.241 e. The molecular formula is C17H22N4O2. The zero-order valence-electron chi connectivity index (χ0n) is 13.2. The summed E-state index contributed by atoms with van der Waals surface area (Å²) in [6, 6.07) is 7.90. The molecule has 0 aliphatic carbocycles. The largest absolute Gasteiger partial charge is 0.347 e. The fraction of sp³-hybridized carbons (Fsp3) is 0.471. The van der Waals surface area contributed by atoms with E-state index in [4.69, 9.17) is 0 Å². The zero-order valence-corrected chi connectivity index (χ0v) is 13.2. The lowest BCUT2D eigenvalue weighted by Gasteiger charge is -2.26. The molecule has 1 saturated heterocycles. The van der Waals surface area contributed by atoms with Crippen molar-refractivity contribution in [3.63, 3.8) is 0 Å². The summed E-state index contributed by atoms with van der Waals surface area (Å²) < 4.78 is 1.82. The maximum atomic E-state index is 12.0. The average molecular weight is 314 g/mol. The predicted molar refractivity (Wildman–Crippen MR) is 87.8 cm³/mol. The number of benzene rings is 1. The number of carbonyl (C=O) groups excluding carboxylic acids is 2. The van der Waals surface area contributed by atoms with Gasteiger partial charge in [-0.25, -0.2) is 0 Å². The van der Waals surface area contributed by atoms with Crippen molar-refractivity contribution in [2.45, 2.75) is 32.2 Å². The summed E-state index contributed by atoms with van der Waals surface area (Å²) in [5.41, 5.74) is 1.02. The van der Waals surface area contributed by atoms with Crippen LogP contribution < -0.4 is 5.32 Å². The molecule has 2 heterocycles. The normalized spacial score (nSPS) is 14.9. The molecule has 1 fully saturated rings. The van der Waals surface area contributed by atoms with Crippen LogP contribution >= 0.6 is 0 Å². The van der Waals surface area contributed by atoms with E-state index in [9.17, 15) is 9.59 Å². The number of carbonyl (C=O) groups is 2. The number of rotatable bonds is 5. The highest BCUT2D eigenvalue weighted by atomic mass is 16.2. The van der Waals surface area contributed by atoms with E-state index in [1.54, 1.807) is 6.20 Å². The number of nitrogens with zero attached hydrogens (tertiary/aromatic N) is 3. The number of aryl methyl sites for hydroxylation is 1. The molecule has 1 aromatic carbocycles. The monoisotopic (exact) mass is 314 g/mol. The van der Waals surface area contributed by atoms with Gasteiger partial charge in [-0.05, 0) is 25.3 Å². The van der Waals surface area contributed by atoms with E-state index in [1.165, 1.54) is 6.42 Å². The van der Waals surface area contributed by atoms with E-state index < -0.39 is 0 Å². The van der Waals surface area contributed by atoms with Gasteiger partial charge >= 0.3 is 0 Å². The second kappa shape index (κ2) is 7.26. The Kier molecular flexibility index (Phi) is 4.90. The molecule has 2 aromatic rings. The van der Waals surface area contributed by atoms with E-state index in [0.29, 0.717) is 13.0 Å². The molecule has 122 valence electrons. The van der Waals surface area contributed by atoms with Gasteiger partial charge in [0, 0.05) is 24.9 Å². The molecule has 6 nitrogen and oxygen atoms in total. The van der Waals surface area contributed by atoms with Gasteiger partial charge in [0.05, 0.1) is 24.8 Å². The van der Waals surface area contributed by atoms with E-state index in [1.807, 2.05) is 33.8 Å². The third-order valence-corrected chi connectivity index (χ3v) is 4.25. The van der Waals surface area contributed by atoms with Gasteiger partial charge in [0.15, 0.2) is 0 Å². The van der Waals surface area contributed by atoms with Crippen LogP contribution in [0, 0.1) is 0 Å². The van der Waals surface area contributed by atoms with Crippen molar-refractivity contribution >= 4 is 22.7 Å². The number of nitrogens with one attached hydrogen (secondary N) is 1. The summed E-state index contributed by atoms with van der Waals surface area (Å²) in [4.78, 5) is 25.8. The number of hydrogen-bond donors (Lipinski definition) is 1. The molecule has 0 bridgehead atoms. The van der Waals surface area contributed by atoms with Gasteiger partial charge in [-0.3, -0.25) is 14.3 Å². The minimum Gasteiger partial charge on any atom is -0.347 e. The quantitative estimate of drug-likeness (QED) is 0.910. The van der Waals surface area contributed by atoms with Crippen LogP contribution in [0.1, 0.15) is 25.7 Å². The van der Waals surface area contributed by atoms with Crippen molar-refractivity contribution < 1.29 is 9.59 Å².